The molecule has 2 aromatic rings. The van der Waals surface area contributed by atoms with Crippen molar-refractivity contribution in [1.29, 1.82) is 0 Å². The van der Waals surface area contributed by atoms with Crippen LogP contribution >= 0.6 is 22.9 Å². The van der Waals surface area contributed by atoms with Crippen molar-refractivity contribution in [3.63, 3.8) is 0 Å². The first-order chi connectivity index (χ1) is 9.01. The van der Waals surface area contributed by atoms with Crippen molar-refractivity contribution < 1.29 is 9.18 Å². The third kappa shape index (κ3) is 3.25. The summed E-state index contributed by atoms with van der Waals surface area (Å²) in [5.41, 5.74) is 0. The van der Waals surface area contributed by atoms with Crippen molar-refractivity contribution in [2.75, 3.05) is 5.88 Å². The van der Waals surface area contributed by atoms with Crippen LogP contribution in [0.1, 0.15) is 23.5 Å². The monoisotopic (exact) mass is 299 g/mol. The zero-order valence-electron chi connectivity index (χ0n) is 10.7. The Hall–Kier alpha value is -1.13. The van der Waals surface area contributed by atoms with Gasteiger partial charge in [0, 0.05) is 16.6 Å². The van der Waals surface area contributed by atoms with Crippen molar-refractivity contribution in [1.82, 2.24) is 5.32 Å². The second kappa shape index (κ2) is 5.88. The van der Waals surface area contributed by atoms with E-state index in [-0.39, 0.29) is 23.7 Å². The molecule has 1 aromatic heterocycles. The number of thiophene rings is 1. The highest BCUT2D eigenvalue weighted by atomic mass is 35.5. The molecule has 0 radical (unpaired) electrons. The second-order valence-corrected chi connectivity index (χ2v) is 6.16. The van der Waals surface area contributed by atoms with Crippen LogP contribution in [0.15, 0.2) is 24.3 Å². The molecule has 0 saturated heterocycles. The quantitative estimate of drug-likeness (QED) is 0.848. The van der Waals surface area contributed by atoms with Crippen LogP contribution in [-0.2, 0) is 0 Å². The van der Waals surface area contributed by atoms with E-state index in [1.807, 2.05) is 13.8 Å². The predicted octanol–water partition coefficient (Wildman–Crippen LogP) is 4.03. The van der Waals surface area contributed by atoms with Gasteiger partial charge in [-0.1, -0.05) is 19.9 Å². The van der Waals surface area contributed by atoms with Crippen LogP contribution in [0, 0.1) is 11.7 Å². The third-order valence-electron chi connectivity index (χ3n) is 2.99. The Balaban J connectivity index is 2.21. The Kier molecular flexibility index (Phi) is 4.42. The number of benzene rings is 1. The Morgan fingerprint density at radius 3 is 2.79 bits per heavy atom. The van der Waals surface area contributed by atoms with Crippen molar-refractivity contribution in [3.05, 3.63) is 35.0 Å². The molecule has 102 valence electrons. The molecule has 1 N–H and O–H groups in total. The molecule has 0 spiro atoms. The van der Waals surface area contributed by atoms with Crippen molar-refractivity contribution in [3.8, 4) is 0 Å². The molecule has 1 heterocycles. The Labute approximate surface area is 120 Å². The molecule has 1 atom stereocenters. The first-order valence-corrected chi connectivity index (χ1v) is 7.42. The number of rotatable bonds is 4. The highest BCUT2D eigenvalue weighted by Crippen LogP contribution is 2.26. The van der Waals surface area contributed by atoms with Gasteiger partial charge in [0.2, 0.25) is 0 Å². The maximum atomic E-state index is 13.1. The molecule has 0 aliphatic rings. The number of alkyl halides is 1. The highest BCUT2D eigenvalue weighted by molar-refractivity contribution is 7.20. The topological polar surface area (TPSA) is 29.1 Å². The number of carbonyl (C=O) groups excluding carboxylic acids is 1. The first kappa shape index (κ1) is 14.3. The lowest BCUT2D eigenvalue weighted by molar-refractivity contribution is 0.0935. The van der Waals surface area contributed by atoms with E-state index in [1.165, 1.54) is 23.5 Å². The normalized spacial score (nSPS) is 12.9. The molecule has 0 bridgehead atoms. The molecule has 0 aliphatic heterocycles. The molecular weight excluding hydrogens is 285 g/mol. The fourth-order valence-electron chi connectivity index (χ4n) is 1.74. The smallest absolute Gasteiger partial charge is 0.261 e. The summed E-state index contributed by atoms with van der Waals surface area (Å²) in [4.78, 5) is 12.7. The fourth-order valence-corrected chi connectivity index (χ4v) is 3.16. The molecule has 1 unspecified atom stereocenters. The second-order valence-electron chi connectivity index (χ2n) is 4.77. The van der Waals surface area contributed by atoms with Gasteiger partial charge in [-0.2, -0.15) is 0 Å². The van der Waals surface area contributed by atoms with Gasteiger partial charge in [-0.05, 0) is 29.5 Å². The molecule has 1 amide bonds. The lowest BCUT2D eigenvalue weighted by Gasteiger charge is -2.19. The van der Waals surface area contributed by atoms with E-state index < -0.39 is 0 Å². The van der Waals surface area contributed by atoms with E-state index in [0.29, 0.717) is 10.8 Å². The Morgan fingerprint density at radius 2 is 2.16 bits per heavy atom. The van der Waals surface area contributed by atoms with E-state index in [9.17, 15) is 9.18 Å². The molecule has 0 saturated carbocycles. The largest absolute Gasteiger partial charge is 0.347 e. The molecular formula is C14H15ClFNOS. The summed E-state index contributed by atoms with van der Waals surface area (Å²) in [5.74, 6) is 0.208. The summed E-state index contributed by atoms with van der Waals surface area (Å²) in [6.07, 6.45) is 0. The molecule has 0 fully saturated rings. The number of fused-ring (bicyclic) bond motifs is 1. The summed E-state index contributed by atoms with van der Waals surface area (Å²) < 4.78 is 13.9. The van der Waals surface area contributed by atoms with Gasteiger partial charge in [0.25, 0.3) is 5.91 Å². The number of carbonyl (C=O) groups is 1. The lowest BCUT2D eigenvalue weighted by Crippen LogP contribution is -2.39. The maximum Gasteiger partial charge on any atom is 0.261 e. The summed E-state index contributed by atoms with van der Waals surface area (Å²) in [6.45, 7) is 4.02. The van der Waals surface area contributed by atoms with Crippen LogP contribution in [-0.4, -0.2) is 17.8 Å². The number of nitrogens with one attached hydrogen (secondary N) is 1. The van der Waals surface area contributed by atoms with Crippen LogP contribution < -0.4 is 5.32 Å². The summed E-state index contributed by atoms with van der Waals surface area (Å²) in [5, 5.41) is 3.78. The van der Waals surface area contributed by atoms with Crippen LogP contribution in [0.2, 0.25) is 0 Å². The van der Waals surface area contributed by atoms with Gasteiger partial charge in [-0.25, -0.2) is 4.39 Å². The van der Waals surface area contributed by atoms with E-state index in [4.69, 9.17) is 11.6 Å². The molecule has 5 heteroatoms. The van der Waals surface area contributed by atoms with Crippen molar-refractivity contribution in [2.45, 2.75) is 19.9 Å². The number of halogens is 2. The standard InChI is InChI=1S/C14H15ClFNOS/c1-8(2)11(7-15)17-14(18)13-5-9-3-4-10(16)6-12(9)19-13/h3-6,8,11H,7H2,1-2H3,(H,17,18). The van der Waals surface area contributed by atoms with Gasteiger partial charge in [0.15, 0.2) is 0 Å². The number of hydrogen-bond acceptors (Lipinski definition) is 2. The van der Waals surface area contributed by atoms with Gasteiger partial charge in [0.1, 0.15) is 5.82 Å². The van der Waals surface area contributed by atoms with Crippen molar-refractivity contribution in [2.24, 2.45) is 5.92 Å². The van der Waals surface area contributed by atoms with E-state index in [2.05, 4.69) is 5.32 Å². The molecule has 1 aromatic carbocycles. The minimum absolute atomic E-state index is 0.0592. The first-order valence-electron chi connectivity index (χ1n) is 6.07. The zero-order chi connectivity index (χ0) is 14.0. The number of hydrogen-bond donors (Lipinski definition) is 1. The van der Waals surface area contributed by atoms with Crippen LogP contribution in [0.4, 0.5) is 4.39 Å². The third-order valence-corrected chi connectivity index (χ3v) is 4.42. The average Bonchev–Trinajstić information content (AvgIpc) is 2.78. The summed E-state index contributed by atoms with van der Waals surface area (Å²) in [7, 11) is 0. The zero-order valence-corrected chi connectivity index (χ0v) is 12.3. The summed E-state index contributed by atoms with van der Waals surface area (Å²) in [6, 6.07) is 6.24. The maximum absolute atomic E-state index is 13.1. The van der Waals surface area contributed by atoms with Crippen LogP contribution in [0.5, 0.6) is 0 Å². The average molecular weight is 300 g/mol. The minimum atomic E-state index is -0.290. The van der Waals surface area contributed by atoms with Crippen molar-refractivity contribution >= 4 is 38.9 Å². The van der Waals surface area contributed by atoms with E-state index in [0.717, 1.165) is 10.1 Å². The molecule has 2 rings (SSSR count). The van der Waals surface area contributed by atoms with Gasteiger partial charge < -0.3 is 5.32 Å². The fraction of sp³-hybridized carbons (Fsp3) is 0.357. The van der Waals surface area contributed by atoms with E-state index in [1.54, 1.807) is 12.1 Å². The van der Waals surface area contributed by atoms with Gasteiger partial charge in [-0.3, -0.25) is 4.79 Å². The summed E-state index contributed by atoms with van der Waals surface area (Å²) >= 11 is 7.12. The van der Waals surface area contributed by atoms with E-state index >= 15 is 0 Å². The predicted molar refractivity (Wildman–Crippen MR) is 78.6 cm³/mol. The lowest BCUT2D eigenvalue weighted by atomic mass is 10.1. The van der Waals surface area contributed by atoms with Gasteiger partial charge in [-0.15, -0.1) is 22.9 Å². The van der Waals surface area contributed by atoms with Crippen LogP contribution in [0.3, 0.4) is 0 Å². The Bertz CT molecular complexity index is 596. The number of amides is 1. The molecule has 19 heavy (non-hydrogen) atoms. The highest BCUT2D eigenvalue weighted by Gasteiger charge is 2.17. The minimum Gasteiger partial charge on any atom is -0.347 e. The van der Waals surface area contributed by atoms with Crippen LogP contribution in [0.25, 0.3) is 10.1 Å². The SMILES string of the molecule is CC(C)C(CCl)NC(=O)c1cc2ccc(F)cc2s1. The molecule has 2 nitrogen and oxygen atoms in total. The molecule has 0 aliphatic carbocycles. The Morgan fingerprint density at radius 1 is 1.42 bits per heavy atom. The van der Waals surface area contributed by atoms with Gasteiger partial charge >= 0.3 is 0 Å². The van der Waals surface area contributed by atoms with Gasteiger partial charge in [0.05, 0.1) is 4.88 Å².